The molecule has 0 bridgehead atoms. The van der Waals surface area contributed by atoms with Gasteiger partial charge in [0.05, 0.1) is 11.6 Å². The van der Waals surface area contributed by atoms with Crippen LogP contribution in [0.5, 0.6) is 0 Å². The van der Waals surface area contributed by atoms with Crippen molar-refractivity contribution in [3.63, 3.8) is 0 Å². The van der Waals surface area contributed by atoms with E-state index >= 15 is 0 Å². The van der Waals surface area contributed by atoms with Gasteiger partial charge in [-0.15, -0.1) is 0 Å². The summed E-state index contributed by atoms with van der Waals surface area (Å²) in [4.78, 5) is 0. The number of rotatable bonds is 4. The van der Waals surface area contributed by atoms with E-state index in [2.05, 4.69) is 12.2 Å². The minimum Gasteiger partial charge on any atom is -0.310 e. The zero-order valence-corrected chi connectivity index (χ0v) is 10.7. The molecule has 2 nitrogen and oxygen atoms in total. The van der Waals surface area contributed by atoms with E-state index in [4.69, 9.17) is 5.26 Å². The maximum Gasteiger partial charge on any atom is 0.124 e. The van der Waals surface area contributed by atoms with Crippen LogP contribution in [0, 0.1) is 23.1 Å². The van der Waals surface area contributed by atoms with Crippen molar-refractivity contribution < 1.29 is 4.39 Å². The second-order valence-electron chi connectivity index (χ2n) is 5.17. The summed E-state index contributed by atoms with van der Waals surface area (Å²) in [6.45, 7) is 2.82. The van der Waals surface area contributed by atoms with Gasteiger partial charge in [0.15, 0.2) is 0 Å². The minimum absolute atomic E-state index is 0.334. The lowest BCUT2D eigenvalue weighted by molar-refractivity contribution is 0.380. The minimum atomic E-state index is -0.334. The summed E-state index contributed by atoms with van der Waals surface area (Å²) < 4.78 is 13.3. The fraction of sp³-hybridized carbons (Fsp3) is 0.533. The Morgan fingerprint density at radius 1 is 1.39 bits per heavy atom. The van der Waals surface area contributed by atoms with Gasteiger partial charge < -0.3 is 5.32 Å². The van der Waals surface area contributed by atoms with Crippen molar-refractivity contribution in [1.29, 1.82) is 5.26 Å². The normalized spacial score (nSPS) is 17.6. The first kappa shape index (κ1) is 13.0. The van der Waals surface area contributed by atoms with Crippen LogP contribution >= 0.6 is 0 Å². The predicted octanol–water partition coefficient (Wildman–Crippen LogP) is 3.37. The van der Waals surface area contributed by atoms with Gasteiger partial charge in [0.25, 0.3) is 0 Å². The van der Waals surface area contributed by atoms with E-state index in [9.17, 15) is 4.39 Å². The average Bonchev–Trinajstić information content (AvgIpc) is 2.89. The summed E-state index contributed by atoms with van der Waals surface area (Å²) in [7, 11) is 0. The fourth-order valence-corrected chi connectivity index (χ4v) is 2.72. The molecule has 0 heterocycles. The third-order valence-electron chi connectivity index (χ3n) is 3.82. The Morgan fingerprint density at radius 3 is 2.78 bits per heavy atom. The monoisotopic (exact) mass is 246 g/mol. The van der Waals surface area contributed by atoms with Crippen molar-refractivity contribution in [2.45, 2.75) is 45.2 Å². The number of hydrogen-bond donors (Lipinski definition) is 1. The number of nitriles is 1. The van der Waals surface area contributed by atoms with E-state index in [1.54, 1.807) is 6.07 Å². The molecule has 1 saturated carbocycles. The first-order valence-corrected chi connectivity index (χ1v) is 6.62. The molecule has 0 amide bonds. The Morgan fingerprint density at radius 2 is 2.11 bits per heavy atom. The molecule has 1 atom stereocenters. The largest absolute Gasteiger partial charge is 0.310 e. The molecule has 0 aromatic heterocycles. The van der Waals surface area contributed by atoms with Crippen LogP contribution in [0.25, 0.3) is 0 Å². The molecule has 18 heavy (non-hydrogen) atoms. The molecule has 1 aromatic rings. The highest BCUT2D eigenvalue weighted by Crippen LogP contribution is 2.27. The van der Waals surface area contributed by atoms with E-state index in [0.717, 1.165) is 11.5 Å². The SMILES string of the molecule is CC(NCc1cc(F)cc(C#N)c1)C1CCCC1. The smallest absolute Gasteiger partial charge is 0.124 e. The third-order valence-corrected chi connectivity index (χ3v) is 3.82. The van der Waals surface area contributed by atoms with Crippen molar-refractivity contribution in [1.82, 2.24) is 5.32 Å². The second kappa shape index (κ2) is 5.97. The molecule has 1 aromatic carbocycles. The van der Waals surface area contributed by atoms with Gasteiger partial charge in [0.1, 0.15) is 5.82 Å². The number of hydrogen-bond acceptors (Lipinski definition) is 2. The van der Waals surface area contributed by atoms with Gasteiger partial charge in [0.2, 0.25) is 0 Å². The van der Waals surface area contributed by atoms with Crippen LogP contribution in [0.15, 0.2) is 18.2 Å². The first-order valence-electron chi connectivity index (χ1n) is 6.62. The molecule has 1 unspecified atom stereocenters. The molecule has 0 aliphatic heterocycles. The van der Waals surface area contributed by atoms with Gasteiger partial charge in [-0.25, -0.2) is 4.39 Å². The summed E-state index contributed by atoms with van der Waals surface area (Å²) in [6.07, 6.45) is 5.24. The van der Waals surface area contributed by atoms with Crippen molar-refractivity contribution in [2.75, 3.05) is 0 Å². The van der Waals surface area contributed by atoms with Crippen LogP contribution in [-0.4, -0.2) is 6.04 Å². The van der Waals surface area contributed by atoms with Gasteiger partial charge in [-0.05, 0) is 49.4 Å². The Bertz CT molecular complexity index is 444. The molecule has 96 valence electrons. The Kier molecular flexibility index (Phi) is 4.33. The van der Waals surface area contributed by atoms with Crippen molar-refractivity contribution in [3.8, 4) is 6.07 Å². The number of nitrogens with one attached hydrogen (secondary N) is 1. The Hall–Kier alpha value is -1.40. The zero-order valence-electron chi connectivity index (χ0n) is 10.7. The van der Waals surface area contributed by atoms with Crippen LogP contribution in [0.4, 0.5) is 4.39 Å². The molecule has 1 fully saturated rings. The highest BCUT2D eigenvalue weighted by molar-refractivity contribution is 5.33. The fourth-order valence-electron chi connectivity index (χ4n) is 2.72. The topological polar surface area (TPSA) is 35.8 Å². The van der Waals surface area contributed by atoms with E-state index in [1.807, 2.05) is 6.07 Å². The van der Waals surface area contributed by atoms with E-state index < -0.39 is 0 Å². The Labute approximate surface area is 108 Å². The molecular formula is C15H19FN2. The first-order chi connectivity index (χ1) is 8.69. The van der Waals surface area contributed by atoms with E-state index in [-0.39, 0.29) is 5.82 Å². The maximum atomic E-state index is 13.3. The van der Waals surface area contributed by atoms with Crippen molar-refractivity contribution in [2.24, 2.45) is 5.92 Å². The lowest BCUT2D eigenvalue weighted by atomic mass is 9.99. The predicted molar refractivity (Wildman–Crippen MR) is 69.4 cm³/mol. The standard InChI is InChI=1S/C15H19FN2/c1-11(14-4-2-3-5-14)18-10-13-6-12(9-17)7-15(16)8-13/h6-8,11,14,18H,2-5,10H2,1H3. The van der Waals surface area contributed by atoms with Gasteiger partial charge in [-0.1, -0.05) is 12.8 Å². The lowest BCUT2D eigenvalue weighted by Gasteiger charge is -2.20. The van der Waals surface area contributed by atoms with E-state index in [0.29, 0.717) is 18.2 Å². The Balaban J connectivity index is 1.93. The molecule has 2 rings (SSSR count). The van der Waals surface area contributed by atoms with Gasteiger partial charge in [-0.3, -0.25) is 0 Å². The van der Waals surface area contributed by atoms with Crippen LogP contribution in [0.2, 0.25) is 0 Å². The summed E-state index contributed by atoms with van der Waals surface area (Å²) >= 11 is 0. The highest BCUT2D eigenvalue weighted by Gasteiger charge is 2.20. The van der Waals surface area contributed by atoms with Crippen LogP contribution in [-0.2, 0) is 6.54 Å². The lowest BCUT2D eigenvalue weighted by Crippen LogP contribution is -2.31. The van der Waals surface area contributed by atoms with E-state index in [1.165, 1.54) is 37.8 Å². The summed E-state index contributed by atoms with van der Waals surface area (Å²) in [5.74, 6) is 0.411. The summed E-state index contributed by atoms with van der Waals surface area (Å²) in [5, 5.41) is 12.2. The molecule has 0 saturated heterocycles. The van der Waals surface area contributed by atoms with Crippen LogP contribution in [0.3, 0.4) is 0 Å². The molecule has 0 spiro atoms. The van der Waals surface area contributed by atoms with Gasteiger partial charge in [0, 0.05) is 12.6 Å². The van der Waals surface area contributed by atoms with Crippen molar-refractivity contribution in [3.05, 3.63) is 35.1 Å². The van der Waals surface area contributed by atoms with Gasteiger partial charge >= 0.3 is 0 Å². The molecular weight excluding hydrogens is 227 g/mol. The summed E-state index contributed by atoms with van der Waals surface area (Å²) in [5.41, 5.74) is 1.23. The number of halogens is 1. The summed E-state index contributed by atoms with van der Waals surface area (Å²) in [6, 6.07) is 6.95. The second-order valence-corrected chi connectivity index (χ2v) is 5.17. The zero-order chi connectivity index (χ0) is 13.0. The molecule has 1 N–H and O–H groups in total. The average molecular weight is 246 g/mol. The van der Waals surface area contributed by atoms with Crippen LogP contribution < -0.4 is 5.32 Å². The van der Waals surface area contributed by atoms with Gasteiger partial charge in [-0.2, -0.15) is 5.26 Å². The number of benzene rings is 1. The molecule has 1 aliphatic carbocycles. The number of nitrogens with zero attached hydrogens (tertiary/aromatic N) is 1. The molecule has 1 aliphatic rings. The quantitative estimate of drug-likeness (QED) is 0.884. The maximum absolute atomic E-state index is 13.3. The highest BCUT2D eigenvalue weighted by atomic mass is 19.1. The third kappa shape index (κ3) is 3.30. The van der Waals surface area contributed by atoms with Crippen molar-refractivity contribution >= 4 is 0 Å². The van der Waals surface area contributed by atoms with Crippen LogP contribution in [0.1, 0.15) is 43.7 Å². The molecule has 3 heteroatoms. The molecule has 0 radical (unpaired) electrons.